The Morgan fingerprint density at radius 3 is 2.87 bits per heavy atom. The van der Waals surface area contributed by atoms with Crippen molar-refractivity contribution in [3.05, 3.63) is 17.0 Å². The van der Waals surface area contributed by atoms with Gasteiger partial charge in [0.25, 0.3) is 0 Å². The van der Waals surface area contributed by atoms with Crippen molar-refractivity contribution in [2.45, 2.75) is 32.1 Å². The highest BCUT2D eigenvalue weighted by Crippen LogP contribution is 2.26. The van der Waals surface area contributed by atoms with Gasteiger partial charge in [0.2, 0.25) is 5.88 Å². The van der Waals surface area contributed by atoms with E-state index in [2.05, 4.69) is 25.9 Å². The molecule has 82 valence electrons. The first-order chi connectivity index (χ1) is 7.36. The Morgan fingerprint density at radius 2 is 2.13 bits per heavy atom. The van der Waals surface area contributed by atoms with E-state index in [1.165, 1.54) is 38.4 Å². The fraction of sp³-hybridized carbons (Fsp3) is 0.636. The van der Waals surface area contributed by atoms with Crippen LogP contribution in [0.2, 0.25) is 0 Å². The molecule has 1 fully saturated rings. The van der Waals surface area contributed by atoms with Crippen LogP contribution in [0.4, 0.5) is 0 Å². The lowest BCUT2D eigenvalue weighted by molar-refractivity contribution is 0.201. The van der Waals surface area contributed by atoms with Gasteiger partial charge in [-0.15, -0.1) is 0 Å². The predicted octanol–water partition coefficient (Wildman–Crippen LogP) is 3.20. The molecule has 1 aromatic rings. The second-order valence-electron chi connectivity index (χ2n) is 3.99. The second kappa shape index (κ2) is 5.45. The van der Waals surface area contributed by atoms with Gasteiger partial charge in [-0.25, -0.2) is 9.97 Å². The standard InChI is InChI=1S/C11H15BrN2O/c12-10-6-13-8-14-11(10)15-7-9-4-2-1-3-5-9/h6,8-9H,1-5,7H2. The van der Waals surface area contributed by atoms with E-state index >= 15 is 0 Å². The molecule has 0 bridgehead atoms. The van der Waals surface area contributed by atoms with E-state index in [-0.39, 0.29) is 0 Å². The van der Waals surface area contributed by atoms with Crippen molar-refractivity contribution in [1.29, 1.82) is 0 Å². The van der Waals surface area contributed by atoms with Crippen molar-refractivity contribution in [2.75, 3.05) is 6.61 Å². The molecule has 0 saturated heterocycles. The summed E-state index contributed by atoms with van der Waals surface area (Å²) in [7, 11) is 0. The first-order valence-electron chi connectivity index (χ1n) is 5.44. The molecule has 1 aliphatic carbocycles. The van der Waals surface area contributed by atoms with Crippen molar-refractivity contribution in [3.63, 3.8) is 0 Å². The van der Waals surface area contributed by atoms with Gasteiger partial charge in [0.1, 0.15) is 6.33 Å². The first-order valence-corrected chi connectivity index (χ1v) is 6.24. The molecule has 0 aliphatic heterocycles. The number of ether oxygens (including phenoxy) is 1. The van der Waals surface area contributed by atoms with E-state index in [0.29, 0.717) is 11.8 Å². The van der Waals surface area contributed by atoms with Crippen molar-refractivity contribution in [1.82, 2.24) is 9.97 Å². The minimum atomic E-state index is 0.663. The summed E-state index contributed by atoms with van der Waals surface area (Å²) >= 11 is 3.37. The number of halogens is 1. The Hall–Kier alpha value is -0.640. The topological polar surface area (TPSA) is 35.0 Å². The minimum Gasteiger partial charge on any atom is -0.476 e. The number of nitrogens with zero attached hydrogens (tertiary/aromatic N) is 2. The molecule has 0 amide bonds. The molecule has 0 N–H and O–H groups in total. The molecule has 1 aromatic heterocycles. The Balaban J connectivity index is 1.84. The summed E-state index contributed by atoms with van der Waals surface area (Å²) in [6, 6.07) is 0. The van der Waals surface area contributed by atoms with E-state index in [9.17, 15) is 0 Å². The van der Waals surface area contributed by atoms with Crippen LogP contribution in [0.1, 0.15) is 32.1 Å². The van der Waals surface area contributed by atoms with Gasteiger partial charge in [-0.05, 0) is 34.7 Å². The smallest absolute Gasteiger partial charge is 0.231 e. The lowest BCUT2D eigenvalue weighted by Crippen LogP contribution is -2.15. The molecule has 1 aliphatic rings. The van der Waals surface area contributed by atoms with Crippen LogP contribution in [0.15, 0.2) is 17.0 Å². The third-order valence-corrected chi connectivity index (χ3v) is 3.36. The molecule has 0 spiro atoms. The first kappa shape index (κ1) is 10.9. The quantitative estimate of drug-likeness (QED) is 0.846. The maximum absolute atomic E-state index is 5.68. The molecule has 2 rings (SSSR count). The highest BCUT2D eigenvalue weighted by Gasteiger charge is 2.14. The number of hydrogen-bond acceptors (Lipinski definition) is 3. The second-order valence-corrected chi connectivity index (χ2v) is 4.85. The van der Waals surface area contributed by atoms with Gasteiger partial charge in [-0.3, -0.25) is 0 Å². The summed E-state index contributed by atoms with van der Waals surface area (Å²) in [6.45, 7) is 0.787. The van der Waals surface area contributed by atoms with E-state index in [1.54, 1.807) is 6.20 Å². The zero-order valence-corrected chi connectivity index (χ0v) is 10.2. The van der Waals surface area contributed by atoms with Gasteiger partial charge >= 0.3 is 0 Å². The molecule has 4 heteroatoms. The number of hydrogen-bond donors (Lipinski definition) is 0. The molecular formula is C11H15BrN2O. The highest BCUT2D eigenvalue weighted by atomic mass is 79.9. The minimum absolute atomic E-state index is 0.663. The number of rotatable bonds is 3. The zero-order valence-electron chi connectivity index (χ0n) is 8.66. The van der Waals surface area contributed by atoms with Crippen LogP contribution in [0, 0.1) is 5.92 Å². The third kappa shape index (κ3) is 3.16. The third-order valence-electron chi connectivity index (χ3n) is 2.81. The Kier molecular flexibility index (Phi) is 3.94. The SMILES string of the molecule is Brc1cncnc1OCC1CCCCC1. The zero-order chi connectivity index (χ0) is 10.5. The predicted molar refractivity (Wildman–Crippen MR) is 61.8 cm³/mol. The van der Waals surface area contributed by atoms with E-state index in [1.807, 2.05) is 0 Å². The molecule has 0 radical (unpaired) electrons. The van der Waals surface area contributed by atoms with Crippen LogP contribution in [0.25, 0.3) is 0 Å². The van der Waals surface area contributed by atoms with Crippen LogP contribution in [-0.2, 0) is 0 Å². The van der Waals surface area contributed by atoms with Gasteiger partial charge in [0.05, 0.1) is 11.1 Å². The lowest BCUT2D eigenvalue weighted by atomic mass is 9.90. The largest absolute Gasteiger partial charge is 0.476 e. The van der Waals surface area contributed by atoms with Gasteiger partial charge in [-0.1, -0.05) is 19.3 Å². The van der Waals surface area contributed by atoms with Crippen LogP contribution in [0.5, 0.6) is 5.88 Å². The Labute approximate surface area is 98.4 Å². The van der Waals surface area contributed by atoms with Crippen molar-refractivity contribution >= 4 is 15.9 Å². The molecule has 15 heavy (non-hydrogen) atoms. The maximum Gasteiger partial charge on any atom is 0.231 e. The Morgan fingerprint density at radius 1 is 1.33 bits per heavy atom. The van der Waals surface area contributed by atoms with E-state index < -0.39 is 0 Å². The van der Waals surface area contributed by atoms with Crippen molar-refractivity contribution in [2.24, 2.45) is 5.92 Å². The summed E-state index contributed by atoms with van der Waals surface area (Å²) in [5, 5.41) is 0. The molecule has 1 saturated carbocycles. The van der Waals surface area contributed by atoms with Crippen LogP contribution >= 0.6 is 15.9 Å². The normalized spacial score (nSPS) is 17.7. The van der Waals surface area contributed by atoms with Crippen molar-refractivity contribution in [3.8, 4) is 5.88 Å². The van der Waals surface area contributed by atoms with Gasteiger partial charge in [0.15, 0.2) is 0 Å². The highest BCUT2D eigenvalue weighted by molar-refractivity contribution is 9.10. The average molecular weight is 271 g/mol. The van der Waals surface area contributed by atoms with Crippen LogP contribution < -0.4 is 4.74 Å². The van der Waals surface area contributed by atoms with Crippen molar-refractivity contribution < 1.29 is 4.74 Å². The van der Waals surface area contributed by atoms with E-state index in [0.717, 1.165) is 11.1 Å². The summed E-state index contributed by atoms with van der Waals surface area (Å²) in [5.41, 5.74) is 0. The summed E-state index contributed by atoms with van der Waals surface area (Å²) in [4.78, 5) is 7.98. The van der Waals surface area contributed by atoms with Crippen LogP contribution in [-0.4, -0.2) is 16.6 Å². The fourth-order valence-corrected chi connectivity index (χ4v) is 2.29. The molecule has 0 unspecified atom stereocenters. The monoisotopic (exact) mass is 270 g/mol. The summed E-state index contributed by atoms with van der Waals surface area (Å²) in [5.74, 6) is 1.37. The van der Waals surface area contributed by atoms with Gasteiger partial charge in [-0.2, -0.15) is 0 Å². The van der Waals surface area contributed by atoms with Gasteiger partial charge in [0, 0.05) is 6.20 Å². The number of aromatic nitrogens is 2. The summed E-state index contributed by atoms with van der Waals surface area (Å²) in [6.07, 6.45) is 9.89. The molecular weight excluding hydrogens is 256 g/mol. The van der Waals surface area contributed by atoms with Gasteiger partial charge < -0.3 is 4.74 Å². The maximum atomic E-state index is 5.68. The Bertz CT molecular complexity index is 313. The molecule has 1 heterocycles. The molecule has 0 aromatic carbocycles. The fourth-order valence-electron chi connectivity index (χ4n) is 1.96. The van der Waals surface area contributed by atoms with Crippen LogP contribution in [0.3, 0.4) is 0 Å². The van der Waals surface area contributed by atoms with E-state index in [4.69, 9.17) is 4.74 Å². The summed E-state index contributed by atoms with van der Waals surface area (Å²) < 4.78 is 6.51. The molecule has 3 nitrogen and oxygen atoms in total. The lowest BCUT2D eigenvalue weighted by Gasteiger charge is -2.21. The molecule has 0 atom stereocenters. The average Bonchev–Trinajstić information content (AvgIpc) is 2.29.